The SMILES string of the molecule is CC(=O)NCCN(C(C)C(=O)O)S(=O)(=O)c1ccc(F)c(NC(C)=O)c1. The molecule has 1 rings (SSSR count). The number of rotatable bonds is 8. The summed E-state index contributed by atoms with van der Waals surface area (Å²) in [6.45, 7) is 3.13. The number of carbonyl (C=O) groups is 3. The topological polar surface area (TPSA) is 133 Å². The van der Waals surface area contributed by atoms with Crippen LogP contribution in [0.1, 0.15) is 20.8 Å². The van der Waals surface area contributed by atoms with Gasteiger partial charge in [0, 0.05) is 26.9 Å². The van der Waals surface area contributed by atoms with Gasteiger partial charge in [0.1, 0.15) is 11.9 Å². The molecule has 0 aromatic heterocycles. The molecule has 0 saturated heterocycles. The molecule has 0 fully saturated rings. The summed E-state index contributed by atoms with van der Waals surface area (Å²) in [5.74, 6) is -3.23. The number of nitrogens with one attached hydrogen (secondary N) is 2. The van der Waals surface area contributed by atoms with Crippen LogP contribution in [0.4, 0.5) is 10.1 Å². The normalized spacial score (nSPS) is 12.5. The molecule has 1 atom stereocenters. The summed E-state index contributed by atoms with van der Waals surface area (Å²) in [5, 5.41) is 13.7. The molecule has 1 unspecified atom stereocenters. The van der Waals surface area contributed by atoms with Gasteiger partial charge in [-0.15, -0.1) is 0 Å². The quantitative estimate of drug-likeness (QED) is 0.589. The number of nitrogens with zero attached hydrogens (tertiary/aromatic N) is 1. The number of sulfonamides is 1. The van der Waals surface area contributed by atoms with Crippen molar-refractivity contribution in [3.05, 3.63) is 24.0 Å². The van der Waals surface area contributed by atoms with E-state index in [1.807, 2.05) is 0 Å². The predicted octanol–water partition coefficient (Wildman–Crippen LogP) is 0.384. The number of anilines is 1. The first-order valence-electron chi connectivity index (χ1n) is 7.53. The zero-order chi connectivity index (χ0) is 20.1. The number of halogens is 1. The van der Waals surface area contributed by atoms with Crippen LogP contribution in [-0.4, -0.2) is 54.7 Å². The fourth-order valence-electron chi connectivity index (χ4n) is 2.07. The molecule has 0 aliphatic heterocycles. The van der Waals surface area contributed by atoms with Gasteiger partial charge in [0.05, 0.1) is 10.6 Å². The second-order valence-electron chi connectivity index (χ2n) is 5.44. The third-order valence-electron chi connectivity index (χ3n) is 3.35. The van der Waals surface area contributed by atoms with E-state index in [1.54, 1.807) is 0 Å². The summed E-state index contributed by atoms with van der Waals surface area (Å²) in [6.07, 6.45) is 0. The first kappa shape index (κ1) is 21.5. The van der Waals surface area contributed by atoms with Crippen molar-refractivity contribution in [3.8, 4) is 0 Å². The van der Waals surface area contributed by atoms with Crippen LogP contribution in [-0.2, 0) is 24.4 Å². The van der Waals surface area contributed by atoms with Crippen LogP contribution < -0.4 is 10.6 Å². The van der Waals surface area contributed by atoms with Gasteiger partial charge in [0.2, 0.25) is 21.8 Å². The molecule has 1 aromatic rings. The van der Waals surface area contributed by atoms with Crippen molar-refractivity contribution in [3.63, 3.8) is 0 Å². The van der Waals surface area contributed by atoms with E-state index in [4.69, 9.17) is 0 Å². The Bertz CT molecular complexity index is 812. The third-order valence-corrected chi connectivity index (χ3v) is 5.32. The monoisotopic (exact) mass is 389 g/mol. The van der Waals surface area contributed by atoms with Gasteiger partial charge in [-0.2, -0.15) is 4.31 Å². The van der Waals surface area contributed by atoms with Gasteiger partial charge in [0.25, 0.3) is 0 Å². The zero-order valence-electron chi connectivity index (χ0n) is 14.4. The van der Waals surface area contributed by atoms with Crippen molar-refractivity contribution >= 4 is 33.5 Å². The molecule has 1 aromatic carbocycles. The lowest BCUT2D eigenvalue weighted by Gasteiger charge is -2.26. The van der Waals surface area contributed by atoms with E-state index in [1.165, 1.54) is 13.8 Å². The molecule has 144 valence electrons. The number of hydrogen-bond donors (Lipinski definition) is 3. The second kappa shape index (κ2) is 8.72. The van der Waals surface area contributed by atoms with Crippen LogP contribution in [0.2, 0.25) is 0 Å². The van der Waals surface area contributed by atoms with Crippen molar-refractivity contribution in [1.29, 1.82) is 0 Å². The van der Waals surface area contributed by atoms with Gasteiger partial charge < -0.3 is 15.7 Å². The van der Waals surface area contributed by atoms with E-state index in [-0.39, 0.29) is 18.8 Å². The zero-order valence-corrected chi connectivity index (χ0v) is 15.3. The molecular weight excluding hydrogens is 369 g/mol. The Labute approximate surface area is 150 Å². The minimum atomic E-state index is -4.34. The molecule has 9 nitrogen and oxygen atoms in total. The van der Waals surface area contributed by atoms with Crippen molar-refractivity contribution in [1.82, 2.24) is 9.62 Å². The fourth-order valence-corrected chi connectivity index (χ4v) is 3.69. The third kappa shape index (κ3) is 5.49. The Morgan fingerprint density at radius 1 is 1.23 bits per heavy atom. The molecule has 11 heteroatoms. The summed E-state index contributed by atoms with van der Waals surface area (Å²) in [6, 6.07) is 1.31. The van der Waals surface area contributed by atoms with Gasteiger partial charge in [-0.05, 0) is 25.1 Å². The highest BCUT2D eigenvalue weighted by Gasteiger charge is 2.33. The van der Waals surface area contributed by atoms with E-state index in [2.05, 4.69) is 10.6 Å². The summed E-state index contributed by atoms with van der Waals surface area (Å²) in [4.78, 5) is 32.9. The maximum Gasteiger partial charge on any atom is 0.321 e. The Kier molecular flexibility index (Phi) is 7.21. The molecule has 0 heterocycles. The molecule has 0 aliphatic rings. The maximum absolute atomic E-state index is 13.7. The Balaban J connectivity index is 3.28. The highest BCUT2D eigenvalue weighted by Crippen LogP contribution is 2.24. The Morgan fingerprint density at radius 2 is 1.85 bits per heavy atom. The van der Waals surface area contributed by atoms with E-state index in [0.717, 1.165) is 25.1 Å². The Morgan fingerprint density at radius 3 is 2.35 bits per heavy atom. The molecular formula is C15H20FN3O6S. The number of aliphatic carboxylic acids is 1. The van der Waals surface area contributed by atoms with Crippen LogP contribution in [0.15, 0.2) is 23.1 Å². The molecule has 26 heavy (non-hydrogen) atoms. The molecule has 0 spiro atoms. The van der Waals surface area contributed by atoms with Crippen molar-refractivity contribution < 1.29 is 32.3 Å². The lowest BCUT2D eigenvalue weighted by molar-refractivity contribution is -0.140. The summed E-state index contributed by atoms with van der Waals surface area (Å²) >= 11 is 0. The Hall–Kier alpha value is -2.53. The van der Waals surface area contributed by atoms with Crippen molar-refractivity contribution in [2.24, 2.45) is 0 Å². The molecule has 0 aliphatic carbocycles. The van der Waals surface area contributed by atoms with Crippen LogP contribution in [0, 0.1) is 5.82 Å². The fraction of sp³-hybridized carbons (Fsp3) is 0.400. The highest BCUT2D eigenvalue weighted by molar-refractivity contribution is 7.89. The predicted molar refractivity (Wildman–Crippen MR) is 90.4 cm³/mol. The lowest BCUT2D eigenvalue weighted by Crippen LogP contribution is -2.46. The van der Waals surface area contributed by atoms with Crippen LogP contribution in [0.3, 0.4) is 0 Å². The number of hydrogen-bond acceptors (Lipinski definition) is 5. The van der Waals surface area contributed by atoms with Crippen molar-refractivity contribution in [2.75, 3.05) is 18.4 Å². The molecule has 0 radical (unpaired) electrons. The van der Waals surface area contributed by atoms with E-state index in [0.29, 0.717) is 4.31 Å². The first-order valence-corrected chi connectivity index (χ1v) is 8.97. The average Bonchev–Trinajstić information content (AvgIpc) is 2.51. The van der Waals surface area contributed by atoms with Gasteiger partial charge in [-0.1, -0.05) is 0 Å². The second-order valence-corrected chi connectivity index (χ2v) is 7.33. The molecule has 3 N–H and O–H groups in total. The highest BCUT2D eigenvalue weighted by atomic mass is 32.2. The smallest absolute Gasteiger partial charge is 0.321 e. The van der Waals surface area contributed by atoms with E-state index >= 15 is 0 Å². The average molecular weight is 389 g/mol. The van der Waals surface area contributed by atoms with Gasteiger partial charge in [-0.3, -0.25) is 14.4 Å². The van der Waals surface area contributed by atoms with Gasteiger partial charge >= 0.3 is 5.97 Å². The lowest BCUT2D eigenvalue weighted by atomic mass is 10.3. The van der Waals surface area contributed by atoms with E-state index < -0.39 is 44.6 Å². The number of amides is 2. The van der Waals surface area contributed by atoms with Crippen LogP contribution in [0.25, 0.3) is 0 Å². The maximum atomic E-state index is 13.7. The van der Waals surface area contributed by atoms with Crippen LogP contribution in [0.5, 0.6) is 0 Å². The molecule has 2 amide bonds. The summed E-state index contributed by atoms with van der Waals surface area (Å²) in [7, 11) is -4.34. The largest absolute Gasteiger partial charge is 0.480 e. The van der Waals surface area contributed by atoms with Crippen LogP contribution >= 0.6 is 0 Å². The van der Waals surface area contributed by atoms with Gasteiger partial charge in [-0.25, -0.2) is 12.8 Å². The minimum Gasteiger partial charge on any atom is -0.480 e. The number of carboxylic acid groups (broad SMARTS) is 1. The summed E-state index contributed by atoms with van der Waals surface area (Å²) in [5.41, 5.74) is -0.344. The van der Waals surface area contributed by atoms with Gasteiger partial charge in [0.15, 0.2) is 0 Å². The van der Waals surface area contributed by atoms with E-state index in [9.17, 15) is 32.3 Å². The molecule has 0 saturated carbocycles. The minimum absolute atomic E-state index is 0.105. The number of carboxylic acids is 1. The number of benzene rings is 1. The molecule has 0 bridgehead atoms. The van der Waals surface area contributed by atoms with Crippen molar-refractivity contribution in [2.45, 2.75) is 31.7 Å². The first-order chi connectivity index (χ1) is 12.0. The number of carbonyl (C=O) groups excluding carboxylic acids is 2. The summed E-state index contributed by atoms with van der Waals surface area (Å²) < 4.78 is 40.0. The standard InChI is InChI=1S/C15H20FN3O6S/c1-9(15(22)23)19(7-6-17-10(2)20)26(24,25)12-4-5-13(16)14(8-12)18-11(3)21/h4-5,8-9H,6-7H2,1-3H3,(H,17,20)(H,18,21)(H,22,23).